The molecular formula is C22H25N5O3. The van der Waals surface area contributed by atoms with Gasteiger partial charge in [0, 0.05) is 48.8 Å². The number of hydrogen-bond acceptors (Lipinski definition) is 5. The molecule has 0 unspecified atom stereocenters. The first-order valence-corrected chi connectivity index (χ1v) is 10.0. The van der Waals surface area contributed by atoms with E-state index >= 15 is 0 Å². The molecule has 156 valence electrons. The first-order chi connectivity index (χ1) is 14.4. The van der Waals surface area contributed by atoms with Crippen molar-refractivity contribution in [2.75, 3.05) is 11.9 Å². The number of aryl methyl sites for hydroxylation is 3. The molecule has 8 heteroatoms. The molecule has 0 fully saturated rings. The quantitative estimate of drug-likeness (QED) is 0.702. The van der Waals surface area contributed by atoms with Gasteiger partial charge in [-0.15, -0.1) is 0 Å². The van der Waals surface area contributed by atoms with Crippen molar-refractivity contribution in [3.8, 4) is 0 Å². The molecule has 0 aliphatic carbocycles. The molecule has 2 aromatic heterocycles. The van der Waals surface area contributed by atoms with Crippen LogP contribution in [0.1, 0.15) is 45.1 Å². The molecule has 0 saturated heterocycles. The number of carbonyl (C=O) groups is 2. The Morgan fingerprint density at radius 3 is 2.67 bits per heavy atom. The predicted octanol–water partition coefficient (Wildman–Crippen LogP) is 2.79. The van der Waals surface area contributed by atoms with Crippen molar-refractivity contribution in [2.24, 2.45) is 7.05 Å². The lowest BCUT2D eigenvalue weighted by Crippen LogP contribution is -2.36. The first kappa shape index (κ1) is 19.9. The van der Waals surface area contributed by atoms with E-state index in [4.69, 9.17) is 4.52 Å². The topological polar surface area (TPSA) is 93.3 Å². The zero-order valence-corrected chi connectivity index (χ0v) is 17.4. The molecule has 1 aromatic carbocycles. The molecule has 3 aromatic rings. The van der Waals surface area contributed by atoms with Crippen LogP contribution < -0.4 is 5.32 Å². The van der Waals surface area contributed by atoms with Crippen LogP contribution in [0.4, 0.5) is 5.82 Å². The molecule has 1 N–H and O–H groups in total. The predicted molar refractivity (Wildman–Crippen MR) is 111 cm³/mol. The summed E-state index contributed by atoms with van der Waals surface area (Å²) in [6.07, 6.45) is 1.70. The summed E-state index contributed by atoms with van der Waals surface area (Å²) in [7, 11) is 1.87. The number of amides is 2. The highest BCUT2D eigenvalue weighted by Crippen LogP contribution is 2.27. The molecule has 4 rings (SSSR count). The van der Waals surface area contributed by atoms with Crippen molar-refractivity contribution in [1.82, 2.24) is 19.8 Å². The van der Waals surface area contributed by atoms with E-state index in [0.29, 0.717) is 43.7 Å². The zero-order chi connectivity index (χ0) is 21.3. The van der Waals surface area contributed by atoms with Gasteiger partial charge in [-0.1, -0.05) is 23.4 Å². The van der Waals surface area contributed by atoms with E-state index in [1.54, 1.807) is 16.8 Å². The summed E-state index contributed by atoms with van der Waals surface area (Å²) < 4.78 is 6.98. The molecule has 0 spiro atoms. The van der Waals surface area contributed by atoms with Crippen LogP contribution in [-0.4, -0.2) is 38.2 Å². The van der Waals surface area contributed by atoms with E-state index in [1.807, 2.05) is 44.0 Å². The van der Waals surface area contributed by atoms with E-state index in [2.05, 4.69) is 15.6 Å². The molecule has 2 amide bonds. The van der Waals surface area contributed by atoms with Crippen molar-refractivity contribution in [3.63, 3.8) is 0 Å². The second-order valence-electron chi connectivity index (χ2n) is 7.59. The van der Waals surface area contributed by atoms with Gasteiger partial charge in [-0.05, 0) is 32.4 Å². The van der Waals surface area contributed by atoms with Gasteiger partial charge in [0.2, 0.25) is 5.91 Å². The van der Waals surface area contributed by atoms with E-state index in [0.717, 1.165) is 28.3 Å². The lowest BCUT2D eigenvalue weighted by Gasteiger charge is -2.27. The van der Waals surface area contributed by atoms with Gasteiger partial charge in [0.15, 0.2) is 5.82 Å². The lowest BCUT2D eigenvalue weighted by molar-refractivity contribution is -0.132. The smallest absolute Gasteiger partial charge is 0.256 e. The van der Waals surface area contributed by atoms with E-state index < -0.39 is 0 Å². The highest BCUT2D eigenvalue weighted by atomic mass is 16.5. The molecule has 0 bridgehead atoms. The highest BCUT2D eigenvalue weighted by molar-refractivity contribution is 6.04. The van der Waals surface area contributed by atoms with Gasteiger partial charge in [0.1, 0.15) is 5.76 Å². The summed E-state index contributed by atoms with van der Waals surface area (Å²) in [5.74, 6) is 1.15. The average Bonchev–Trinajstić information content (AvgIpc) is 3.24. The van der Waals surface area contributed by atoms with Crippen molar-refractivity contribution in [2.45, 2.75) is 39.7 Å². The molecule has 8 nitrogen and oxygen atoms in total. The monoisotopic (exact) mass is 407 g/mol. The standard InChI is InChI=1S/C22H25N5O3/c1-14-17(15(2)30-25-14)9-10-20(28)27-12-11-19-18(13-27)21(24-26(19)3)23-22(29)16-7-5-4-6-8-16/h4-8H,9-13H2,1-3H3,(H,23,24,29). The van der Waals surface area contributed by atoms with Gasteiger partial charge in [0.25, 0.3) is 5.91 Å². The largest absolute Gasteiger partial charge is 0.361 e. The maximum Gasteiger partial charge on any atom is 0.256 e. The van der Waals surface area contributed by atoms with Crippen LogP contribution in [0.5, 0.6) is 0 Å². The molecule has 0 atom stereocenters. The number of aromatic nitrogens is 3. The van der Waals surface area contributed by atoms with E-state index in [1.165, 1.54) is 0 Å². The second-order valence-corrected chi connectivity index (χ2v) is 7.59. The Kier molecular flexibility index (Phi) is 5.39. The molecule has 1 aliphatic rings. The Bertz CT molecular complexity index is 1060. The van der Waals surface area contributed by atoms with Gasteiger partial charge in [-0.2, -0.15) is 5.10 Å². The second kappa shape index (κ2) is 8.14. The number of nitrogens with one attached hydrogen (secondary N) is 1. The van der Waals surface area contributed by atoms with Crippen LogP contribution in [0.3, 0.4) is 0 Å². The summed E-state index contributed by atoms with van der Waals surface area (Å²) in [6.45, 7) is 4.83. The van der Waals surface area contributed by atoms with Crippen molar-refractivity contribution >= 4 is 17.6 Å². The number of rotatable bonds is 5. The number of nitrogens with zero attached hydrogens (tertiary/aromatic N) is 4. The molecule has 3 heterocycles. The van der Waals surface area contributed by atoms with Crippen LogP contribution in [0.25, 0.3) is 0 Å². The summed E-state index contributed by atoms with van der Waals surface area (Å²) in [6, 6.07) is 9.03. The number of carbonyl (C=O) groups excluding carboxylic acids is 2. The third kappa shape index (κ3) is 3.85. The fourth-order valence-electron chi connectivity index (χ4n) is 3.92. The Labute approximate surface area is 174 Å². The molecular weight excluding hydrogens is 382 g/mol. The van der Waals surface area contributed by atoms with Gasteiger partial charge < -0.3 is 14.7 Å². The summed E-state index contributed by atoms with van der Waals surface area (Å²) >= 11 is 0. The maximum absolute atomic E-state index is 12.8. The minimum Gasteiger partial charge on any atom is -0.361 e. The molecule has 0 radical (unpaired) electrons. The minimum atomic E-state index is -0.210. The number of benzene rings is 1. The minimum absolute atomic E-state index is 0.0739. The number of fused-ring (bicyclic) bond motifs is 1. The fraction of sp³-hybridized carbons (Fsp3) is 0.364. The summed E-state index contributed by atoms with van der Waals surface area (Å²) in [5, 5.41) is 11.3. The van der Waals surface area contributed by atoms with E-state index in [9.17, 15) is 9.59 Å². The maximum atomic E-state index is 12.8. The van der Waals surface area contributed by atoms with Crippen LogP contribution in [0, 0.1) is 13.8 Å². The third-order valence-corrected chi connectivity index (χ3v) is 5.63. The number of hydrogen-bond donors (Lipinski definition) is 1. The van der Waals surface area contributed by atoms with Crippen LogP contribution in [0.15, 0.2) is 34.9 Å². The fourth-order valence-corrected chi connectivity index (χ4v) is 3.92. The van der Waals surface area contributed by atoms with Crippen LogP contribution in [0.2, 0.25) is 0 Å². The highest BCUT2D eigenvalue weighted by Gasteiger charge is 2.27. The Morgan fingerprint density at radius 1 is 1.20 bits per heavy atom. The Hall–Kier alpha value is -3.42. The van der Waals surface area contributed by atoms with Gasteiger partial charge >= 0.3 is 0 Å². The number of anilines is 1. The molecule has 0 saturated carbocycles. The summed E-state index contributed by atoms with van der Waals surface area (Å²) in [4.78, 5) is 27.2. The van der Waals surface area contributed by atoms with Crippen molar-refractivity contribution < 1.29 is 14.1 Å². The Morgan fingerprint density at radius 2 is 1.97 bits per heavy atom. The SMILES string of the molecule is Cc1noc(C)c1CCC(=O)N1CCc2c(c(NC(=O)c3ccccc3)nn2C)C1. The van der Waals surface area contributed by atoms with Gasteiger partial charge in [-0.3, -0.25) is 14.3 Å². The normalized spacial score (nSPS) is 13.2. The lowest BCUT2D eigenvalue weighted by atomic mass is 10.0. The van der Waals surface area contributed by atoms with Gasteiger partial charge in [-0.25, -0.2) is 0 Å². The van der Waals surface area contributed by atoms with Crippen molar-refractivity contribution in [1.29, 1.82) is 0 Å². The third-order valence-electron chi connectivity index (χ3n) is 5.63. The zero-order valence-electron chi connectivity index (χ0n) is 17.4. The van der Waals surface area contributed by atoms with Gasteiger partial charge in [0.05, 0.1) is 12.2 Å². The molecule has 30 heavy (non-hydrogen) atoms. The molecule has 1 aliphatic heterocycles. The average molecular weight is 407 g/mol. The van der Waals surface area contributed by atoms with Crippen molar-refractivity contribution in [3.05, 3.63) is 64.2 Å². The Balaban J connectivity index is 1.46. The van der Waals surface area contributed by atoms with E-state index in [-0.39, 0.29) is 11.8 Å². The van der Waals surface area contributed by atoms with Crippen LogP contribution in [-0.2, 0) is 31.2 Å². The van der Waals surface area contributed by atoms with Crippen LogP contribution >= 0.6 is 0 Å². The first-order valence-electron chi connectivity index (χ1n) is 10.0. The summed E-state index contributed by atoms with van der Waals surface area (Å²) in [5.41, 5.74) is 4.35.